The molecule has 0 spiro atoms. The number of hydrogen-bond donors (Lipinski definition) is 3. The number of rotatable bonds is 13. The first-order valence-electron chi connectivity index (χ1n) is 15.6. The van der Waals surface area contributed by atoms with Crippen molar-refractivity contribution >= 4 is 31.8 Å². The first-order chi connectivity index (χ1) is 19.9. The van der Waals surface area contributed by atoms with E-state index in [9.17, 15) is 14.4 Å². The molecule has 1 aromatic carbocycles. The van der Waals surface area contributed by atoms with Gasteiger partial charge in [0.25, 0.3) is 0 Å². The minimum atomic E-state index is -1.75. The van der Waals surface area contributed by atoms with Gasteiger partial charge in [-0.3, -0.25) is 14.7 Å². The van der Waals surface area contributed by atoms with Crippen LogP contribution in [0, 0.1) is 0 Å². The second kappa shape index (κ2) is 13.0. The average molecular weight is 596 g/mol. The number of hydrogen-bond acceptors (Lipinski definition) is 5. The number of ether oxygens (including phenoxy) is 1. The van der Waals surface area contributed by atoms with Crippen LogP contribution in [0.25, 0.3) is 0 Å². The number of carbonyl (C=O) groups excluding carboxylic acids is 3. The van der Waals surface area contributed by atoms with Gasteiger partial charge in [-0.25, -0.2) is 4.79 Å². The summed E-state index contributed by atoms with van der Waals surface area (Å²) in [6.45, 7) is 13.2. The monoisotopic (exact) mass is 595 g/mol. The predicted octanol–water partition coefficient (Wildman–Crippen LogP) is 7.02. The van der Waals surface area contributed by atoms with E-state index in [0.717, 1.165) is 61.8 Å². The maximum atomic E-state index is 13.8. The van der Waals surface area contributed by atoms with E-state index >= 15 is 0 Å². The number of esters is 1. The van der Waals surface area contributed by atoms with Crippen LogP contribution in [0.5, 0.6) is 0 Å². The highest BCUT2D eigenvalue weighted by Gasteiger charge is 2.54. The number of fused-ring (bicyclic) bond motifs is 1. The van der Waals surface area contributed by atoms with Crippen molar-refractivity contribution in [3.05, 3.63) is 47.2 Å². The summed E-state index contributed by atoms with van der Waals surface area (Å²) >= 11 is 0. The lowest BCUT2D eigenvalue weighted by Gasteiger charge is -2.48. The molecule has 9 nitrogen and oxygen atoms in total. The Morgan fingerprint density at radius 2 is 1.76 bits per heavy atom. The molecule has 3 N–H and O–H groups in total. The molecule has 1 saturated carbocycles. The van der Waals surface area contributed by atoms with E-state index in [-0.39, 0.29) is 29.6 Å². The van der Waals surface area contributed by atoms with Crippen LogP contribution in [0.4, 0.5) is 10.6 Å². The lowest BCUT2D eigenvalue weighted by atomic mass is 9.83. The number of anilines is 1. The molecule has 42 heavy (non-hydrogen) atoms. The molecule has 0 bridgehead atoms. The van der Waals surface area contributed by atoms with Crippen molar-refractivity contribution in [2.24, 2.45) is 0 Å². The third kappa shape index (κ3) is 6.58. The standard InChI is InChI=1S/C32H49N5O4Si/c1-7-8-9-10-14-18-26(38)41-22-25(23-16-12-11-13-17-23)33-30(40)37-21-24-27(31(37,2)3)35-36-28(24)34-29(39)32(19-15-20-32)42(4,5)6/h11-13,16-17,25H,7-10,14-15,18-22H2,1-6H3,(H,33,40)(H2,34,35,36,39). The molecule has 1 unspecified atom stereocenters. The van der Waals surface area contributed by atoms with Crippen molar-refractivity contribution in [1.29, 1.82) is 0 Å². The van der Waals surface area contributed by atoms with Crippen molar-refractivity contribution in [2.75, 3.05) is 11.9 Å². The molecular formula is C32H49N5O4Si. The second-order valence-corrected chi connectivity index (χ2v) is 18.9. The molecule has 1 atom stereocenters. The van der Waals surface area contributed by atoms with Crippen LogP contribution < -0.4 is 10.6 Å². The van der Waals surface area contributed by atoms with Crippen LogP contribution in [-0.4, -0.2) is 47.7 Å². The molecular weight excluding hydrogens is 546 g/mol. The first kappa shape index (κ1) is 31.8. The Morgan fingerprint density at radius 3 is 2.38 bits per heavy atom. The van der Waals surface area contributed by atoms with Gasteiger partial charge in [-0.05, 0) is 38.7 Å². The number of carbonyl (C=O) groups is 3. The zero-order chi connectivity index (χ0) is 30.5. The second-order valence-electron chi connectivity index (χ2n) is 13.5. The van der Waals surface area contributed by atoms with E-state index in [2.05, 4.69) is 47.4 Å². The van der Waals surface area contributed by atoms with Crippen LogP contribution in [0.2, 0.25) is 24.7 Å². The summed E-state index contributed by atoms with van der Waals surface area (Å²) < 4.78 is 5.63. The quantitative estimate of drug-likeness (QED) is 0.131. The number of aromatic amines is 1. The Hall–Kier alpha value is -3.14. The molecule has 1 aromatic heterocycles. The molecule has 1 fully saturated rings. The van der Waals surface area contributed by atoms with E-state index in [1.165, 1.54) is 6.42 Å². The molecule has 2 heterocycles. The van der Waals surface area contributed by atoms with Crippen LogP contribution >= 0.6 is 0 Å². The number of H-pyrrole nitrogens is 1. The summed E-state index contributed by atoms with van der Waals surface area (Å²) in [4.78, 5) is 41.5. The highest BCUT2D eigenvalue weighted by Crippen LogP contribution is 2.56. The van der Waals surface area contributed by atoms with Crippen molar-refractivity contribution < 1.29 is 19.1 Å². The van der Waals surface area contributed by atoms with Gasteiger partial charge < -0.3 is 20.3 Å². The van der Waals surface area contributed by atoms with Gasteiger partial charge in [0.2, 0.25) is 5.91 Å². The van der Waals surface area contributed by atoms with Gasteiger partial charge in [0.05, 0.1) is 31.9 Å². The highest BCUT2D eigenvalue weighted by atomic mass is 28.3. The van der Waals surface area contributed by atoms with Crippen LogP contribution in [0.3, 0.4) is 0 Å². The minimum absolute atomic E-state index is 0.0549. The van der Waals surface area contributed by atoms with Crippen molar-refractivity contribution in [1.82, 2.24) is 20.4 Å². The predicted molar refractivity (Wildman–Crippen MR) is 168 cm³/mol. The fourth-order valence-electron chi connectivity index (χ4n) is 6.27. The highest BCUT2D eigenvalue weighted by molar-refractivity contribution is 6.83. The fourth-order valence-corrected chi connectivity index (χ4v) is 8.87. The first-order valence-corrected chi connectivity index (χ1v) is 19.1. The summed E-state index contributed by atoms with van der Waals surface area (Å²) in [5.41, 5.74) is 1.83. The molecule has 0 saturated heterocycles. The summed E-state index contributed by atoms with van der Waals surface area (Å²) in [7, 11) is -1.75. The molecule has 1 aliphatic heterocycles. The van der Waals surface area contributed by atoms with Crippen LogP contribution in [-0.2, 0) is 26.4 Å². The van der Waals surface area contributed by atoms with Crippen molar-refractivity contribution in [2.45, 2.75) is 121 Å². The van der Waals surface area contributed by atoms with Gasteiger partial charge in [-0.2, -0.15) is 5.10 Å². The van der Waals surface area contributed by atoms with Crippen LogP contribution in [0.15, 0.2) is 30.3 Å². The number of amides is 3. The van der Waals surface area contributed by atoms with Crippen LogP contribution in [0.1, 0.15) is 101 Å². The normalized spacial score (nSPS) is 17.6. The van der Waals surface area contributed by atoms with E-state index in [0.29, 0.717) is 18.8 Å². The van der Waals surface area contributed by atoms with E-state index < -0.39 is 19.7 Å². The van der Waals surface area contributed by atoms with E-state index in [4.69, 9.17) is 4.74 Å². The smallest absolute Gasteiger partial charge is 0.319 e. The fraction of sp³-hybridized carbons (Fsp3) is 0.625. The zero-order valence-electron chi connectivity index (χ0n) is 26.3. The van der Waals surface area contributed by atoms with Gasteiger partial charge in [0.15, 0.2) is 5.82 Å². The molecule has 1 aliphatic carbocycles. The van der Waals surface area contributed by atoms with E-state index in [1.54, 1.807) is 4.90 Å². The largest absolute Gasteiger partial charge is 0.463 e. The lowest BCUT2D eigenvalue weighted by molar-refractivity contribution is -0.144. The molecule has 10 heteroatoms. The van der Waals surface area contributed by atoms with Crippen molar-refractivity contribution in [3.8, 4) is 0 Å². The summed E-state index contributed by atoms with van der Waals surface area (Å²) in [6, 6.07) is 8.81. The van der Waals surface area contributed by atoms with E-state index in [1.807, 2.05) is 44.2 Å². The third-order valence-electron chi connectivity index (χ3n) is 9.42. The zero-order valence-corrected chi connectivity index (χ0v) is 27.3. The number of urea groups is 1. The molecule has 0 radical (unpaired) electrons. The maximum absolute atomic E-state index is 13.8. The Labute approximate surface area is 251 Å². The summed E-state index contributed by atoms with van der Waals surface area (Å²) in [6.07, 6.45) is 8.60. The Balaban J connectivity index is 1.43. The molecule has 2 aliphatic rings. The maximum Gasteiger partial charge on any atom is 0.319 e. The number of unbranched alkanes of at least 4 members (excludes halogenated alkanes) is 4. The topological polar surface area (TPSA) is 116 Å². The average Bonchev–Trinajstić information content (AvgIpc) is 3.42. The Kier molecular flexibility index (Phi) is 9.85. The number of benzene rings is 1. The minimum Gasteiger partial charge on any atom is -0.463 e. The molecule has 2 aromatic rings. The van der Waals surface area contributed by atoms with Gasteiger partial charge in [-0.1, -0.05) is 89.0 Å². The van der Waals surface area contributed by atoms with Gasteiger partial charge >= 0.3 is 12.0 Å². The van der Waals surface area contributed by atoms with Gasteiger partial charge in [-0.15, -0.1) is 0 Å². The van der Waals surface area contributed by atoms with Gasteiger partial charge in [0.1, 0.15) is 6.61 Å². The SMILES string of the molecule is CCCCCCCC(=O)OCC(NC(=O)N1Cc2c(NC(=O)C3([Si](C)(C)C)CCC3)n[nH]c2C1(C)C)c1ccccc1. The summed E-state index contributed by atoms with van der Waals surface area (Å²) in [5, 5.41) is 13.5. The third-order valence-corrected chi connectivity index (χ3v) is 13.0. The number of aromatic nitrogens is 2. The Bertz CT molecular complexity index is 1250. The number of nitrogens with one attached hydrogen (secondary N) is 3. The van der Waals surface area contributed by atoms with Gasteiger partial charge in [0, 0.05) is 17.0 Å². The molecule has 4 rings (SSSR count). The molecule has 230 valence electrons. The molecule has 3 amide bonds. The Morgan fingerprint density at radius 1 is 1.07 bits per heavy atom. The summed E-state index contributed by atoms with van der Waals surface area (Å²) in [5.74, 6) is 0.321. The lowest BCUT2D eigenvalue weighted by Crippen LogP contribution is -2.52. The number of nitrogens with zero attached hydrogens (tertiary/aromatic N) is 2. The van der Waals surface area contributed by atoms with Crippen molar-refractivity contribution in [3.63, 3.8) is 0 Å².